The third-order valence-electron chi connectivity index (χ3n) is 3.98. The van der Waals surface area contributed by atoms with Crippen LogP contribution in [0, 0.1) is 11.8 Å². The Labute approximate surface area is 115 Å². The minimum absolute atomic E-state index is 0.0137. The summed E-state index contributed by atoms with van der Waals surface area (Å²) in [5.41, 5.74) is 5.37. The number of nitrogens with two attached hydrogens (primary N) is 1. The molecule has 1 rings (SSSR count). The summed E-state index contributed by atoms with van der Waals surface area (Å²) >= 11 is 0. The number of carbonyl (C=O) groups excluding carboxylic acids is 2. The second-order valence-corrected chi connectivity index (χ2v) is 5.73. The van der Waals surface area contributed by atoms with Crippen LogP contribution in [0.2, 0.25) is 0 Å². The van der Waals surface area contributed by atoms with E-state index in [1.807, 2.05) is 20.9 Å². The fraction of sp³-hybridized carbons (Fsp3) is 0.846. The van der Waals surface area contributed by atoms with Crippen molar-refractivity contribution in [2.75, 3.05) is 27.2 Å². The number of carbonyl (C=O) groups is 2. The van der Waals surface area contributed by atoms with Crippen LogP contribution in [0.1, 0.15) is 20.8 Å². The minimum atomic E-state index is -0.548. The van der Waals surface area contributed by atoms with Gasteiger partial charge in [-0.25, -0.2) is 4.79 Å². The van der Waals surface area contributed by atoms with E-state index in [-0.39, 0.29) is 11.9 Å². The molecule has 110 valence electrons. The molecule has 0 aliphatic carbocycles. The molecule has 2 atom stereocenters. The third-order valence-corrected chi connectivity index (χ3v) is 3.98. The number of nitrogens with zero attached hydrogens (tertiary/aromatic N) is 2. The molecule has 0 aromatic rings. The van der Waals surface area contributed by atoms with Gasteiger partial charge in [-0.15, -0.1) is 0 Å². The van der Waals surface area contributed by atoms with E-state index >= 15 is 0 Å². The van der Waals surface area contributed by atoms with E-state index in [2.05, 4.69) is 12.2 Å². The molecule has 0 radical (unpaired) electrons. The largest absolute Gasteiger partial charge is 0.368 e. The third kappa shape index (κ3) is 3.37. The molecule has 6 nitrogen and oxygen atoms in total. The van der Waals surface area contributed by atoms with Gasteiger partial charge in [0.15, 0.2) is 0 Å². The molecular weight excluding hydrogens is 244 g/mol. The zero-order chi connectivity index (χ0) is 14.7. The Balaban J connectivity index is 2.57. The average molecular weight is 270 g/mol. The average Bonchev–Trinajstić information content (AvgIpc) is 2.25. The Kier molecular flexibility index (Phi) is 5.17. The minimum Gasteiger partial charge on any atom is -0.368 e. The highest BCUT2D eigenvalue weighted by Crippen LogP contribution is 2.22. The van der Waals surface area contributed by atoms with Crippen molar-refractivity contribution >= 4 is 11.9 Å². The number of amides is 3. The van der Waals surface area contributed by atoms with Crippen LogP contribution >= 0.6 is 0 Å². The molecule has 0 aromatic heterocycles. The first-order valence-corrected chi connectivity index (χ1v) is 6.77. The number of likely N-dealkylation sites (tertiary alicyclic amines) is 1. The SMILES string of the molecule is CN[C@H](C)C1CN(C(=O)N(C)[C@H](C(N)=O)C(C)C)C1. The number of rotatable bonds is 5. The van der Waals surface area contributed by atoms with Crippen molar-refractivity contribution in [1.29, 1.82) is 0 Å². The van der Waals surface area contributed by atoms with Gasteiger partial charge < -0.3 is 20.9 Å². The second-order valence-electron chi connectivity index (χ2n) is 5.73. The van der Waals surface area contributed by atoms with E-state index in [4.69, 9.17) is 5.73 Å². The number of nitrogens with one attached hydrogen (secondary N) is 1. The van der Waals surface area contributed by atoms with E-state index in [1.54, 1.807) is 11.9 Å². The molecule has 1 heterocycles. The highest BCUT2D eigenvalue weighted by atomic mass is 16.2. The topological polar surface area (TPSA) is 78.7 Å². The van der Waals surface area contributed by atoms with Crippen LogP contribution in [0.4, 0.5) is 4.79 Å². The zero-order valence-corrected chi connectivity index (χ0v) is 12.5. The Morgan fingerprint density at radius 1 is 1.32 bits per heavy atom. The van der Waals surface area contributed by atoms with Crippen molar-refractivity contribution in [3.05, 3.63) is 0 Å². The van der Waals surface area contributed by atoms with Crippen LogP contribution in [0.15, 0.2) is 0 Å². The summed E-state index contributed by atoms with van der Waals surface area (Å²) in [6.45, 7) is 7.35. The van der Waals surface area contributed by atoms with Crippen LogP contribution in [-0.2, 0) is 4.79 Å². The molecule has 6 heteroatoms. The first-order valence-electron chi connectivity index (χ1n) is 6.77. The van der Waals surface area contributed by atoms with Gasteiger partial charge in [-0.2, -0.15) is 0 Å². The first-order chi connectivity index (χ1) is 8.79. The highest BCUT2D eigenvalue weighted by molar-refractivity contribution is 5.86. The normalized spacial score (nSPS) is 18.9. The van der Waals surface area contributed by atoms with Crippen LogP contribution in [0.5, 0.6) is 0 Å². The van der Waals surface area contributed by atoms with E-state index < -0.39 is 11.9 Å². The van der Waals surface area contributed by atoms with Crippen LogP contribution in [0.25, 0.3) is 0 Å². The van der Waals surface area contributed by atoms with Gasteiger partial charge in [0.25, 0.3) is 0 Å². The maximum Gasteiger partial charge on any atom is 0.320 e. The molecule has 0 spiro atoms. The summed E-state index contributed by atoms with van der Waals surface area (Å²) in [6, 6.07) is -0.267. The van der Waals surface area contributed by atoms with E-state index in [0.717, 1.165) is 13.1 Å². The molecule has 1 aliphatic heterocycles. The molecule has 3 N–H and O–H groups in total. The summed E-state index contributed by atoms with van der Waals surface area (Å²) in [5, 5.41) is 3.19. The standard InChI is InChI=1S/C13H26N4O2/c1-8(2)11(12(14)18)16(5)13(19)17-6-10(7-17)9(3)15-4/h8-11,15H,6-7H2,1-5H3,(H2,14,18)/t9-,11+/m1/s1. The van der Waals surface area contributed by atoms with E-state index in [1.165, 1.54) is 4.90 Å². The molecular formula is C13H26N4O2. The number of hydrogen-bond donors (Lipinski definition) is 2. The summed E-state index contributed by atoms with van der Waals surface area (Å²) in [5.74, 6) is 0.0414. The molecule has 3 amide bonds. The van der Waals surface area contributed by atoms with Crippen molar-refractivity contribution in [3.63, 3.8) is 0 Å². The quantitative estimate of drug-likeness (QED) is 0.743. The summed E-state index contributed by atoms with van der Waals surface area (Å²) in [4.78, 5) is 26.9. The van der Waals surface area contributed by atoms with Crippen molar-refractivity contribution in [2.45, 2.75) is 32.9 Å². The fourth-order valence-electron chi connectivity index (χ4n) is 2.53. The number of hydrogen-bond acceptors (Lipinski definition) is 3. The number of likely N-dealkylation sites (N-methyl/N-ethyl adjacent to an activating group) is 1. The van der Waals surface area contributed by atoms with Gasteiger partial charge in [0, 0.05) is 32.1 Å². The van der Waals surface area contributed by atoms with Gasteiger partial charge in [0.2, 0.25) is 5.91 Å². The van der Waals surface area contributed by atoms with Crippen molar-refractivity contribution in [1.82, 2.24) is 15.1 Å². The highest BCUT2D eigenvalue weighted by Gasteiger charge is 2.38. The van der Waals surface area contributed by atoms with Crippen molar-refractivity contribution < 1.29 is 9.59 Å². The lowest BCUT2D eigenvalue weighted by molar-refractivity contribution is -0.123. The number of urea groups is 1. The predicted octanol–water partition coefficient (Wildman–Crippen LogP) is 0.0878. The van der Waals surface area contributed by atoms with Crippen LogP contribution in [0.3, 0.4) is 0 Å². The Bertz CT molecular complexity index is 340. The maximum absolute atomic E-state index is 12.3. The molecule has 0 bridgehead atoms. The second kappa shape index (κ2) is 6.23. The lowest BCUT2D eigenvalue weighted by Gasteiger charge is -2.45. The fourth-order valence-corrected chi connectivity index (χ4v) is 2.53. The Hall–Kier alpha value is -1.30. The molecule has 1 fully saturated rings. The van der Waals surface area contributed by atoms with Crippen molar-refractivity contribution in [3.8, 4) is 0 Å². The van der Waals surface area contributed by atoms with E-state index in [9.17, 15) is 9.59 Å². The summed E-state index contributed by atoms with van der Waals surface area (Å²) in [6.07, 6.45) is 0. The van der Waals surface area contributed by atoms with Gasteiger partial charge in [-0.05, 0) is 19.9 Å². The molecule has 19 heavy (non-hydrogen) atoms. The molecule has 0 aromatic carbocycles. The smallest absolute Gasteiger partial charge is 0.320 e. The van der Waals surface area contributed by atoms with Crippen LogP contribution < -0.4 is 11.1 Å². The first kappa shape index (κ1) is 15.8. The van der Waals surface area contributed by atoms with Gasteiger partial charge >= 0.3 is 6.03 Å². The number of primary amides is 1. The van der Waals surface area contributed by atoms with Gasteiger partial charge in [-0.3, -0.25) is 4.79 Å². The van der Waals surface area contributed by atoms with Crippen LogP contribution in [-0.4, -0.2) is 61.0 Å². The van der Waals surface area contributed by atoms with E-state index in [0.29, 0.717) is 12.0 Å². The van der Waals surface area contributed by atoms with Gasteiger partial charge in [0.1, 0.15) is 6.04 Å². The molecule has 0 unspecified atom stereocenters. The molecule has 1 saturated heterocycles. The predicted molar refractivity (Wildman–Crippen MR) is 74.6 cm³/mol. The monoisotopic (exact) mass is 270 g/mol. The lowest BCUT2D eigenvalue weighted by atomic mass is 9.93. The zero-order valence-electron chi connectivity index (χ0n) is 12.5. The van der Waals surface area contributed by atoms with Gasteiger partial charge in [0.05, 0.1) is 0 Å². The summed E-state index contributed by atoms with van der Waals surface area (Å²) < 4.78 is 0. The molecule has 0 saturated carbocycles. The lowest BCUT2D eigenvalue weighted by Crippen LogP contribution is -2.61. The molecule has 1 aliphatic rings. The summed E-state index contributed by atoms with van der Waals surface area (Å²) in [7, 11) is 3.57. The maximum atomic E-state index is 12.3. The Morgan fingerprint density at radius 2 is 1.84 bits per heavy atom. The van der Waals surface area contributed by atoms with Gasteiger partial charge in [-0.1, -0.05) is 13.8 Å². The Morgan fingerprint density at radius 3 is 2.21 bits per heavy atom. The van der Waals surface area contributed by atoms with Crippen molar-refractivity contribution in [2.24, 2.45) is 17.6 Å².